The van der Waals surface area contributed by atoms with Crippen molar-refractivity contribution < 1.29 is 38.0 Å². The van der Waals surface area contributed by atoms with E-state index < -0.39 is 79.4 Å². The summed E-state index contributed by atoms with van der Waals surface area (Å²) in [7, 11) is -1.96. The summed E-state index contributed by atoms with van der Waals surface area (Å²) in [6.45, 7) is 17.2. The van der Waals surface area contributed by atoms with Gasteiger partial charge in [-0.25, -0.2) is 0 Å². The largest absolute Gasteiger partial charge is 0.459 e. The molecule has 0 bridgehead atoms. The maximum atomic E-state index is 12.6. The second kappa shape index (κ2) is 10.1. The lowest BCUT2D eigenvalue weighted by molar-refractivity contribution is -0.224. The predicted octanol–water partition coefficient (Wildman–Crippen LogP) is 4.18. The fourth-order valence-electron chi connectivity index (χ4n) is 6.85. The molecule has 9 atom stereocenters. The molecule has 2 aliphatic heterocycles. The quantitative estimate of drug-likeness (QED) is 0.159. The number of benzene rings is 1. The molecule has 216 valence electrons. The van der Waals surface area contributed by atoms with Crippen molar-refractivity contribution in [1.82, 2.24) is 0 Å². The Labute approximate surface area is 237 Å². The van der Waals surface area contributed by atoms with Gasteiger partial charge in [-0.1, -0.05) is 62.0 Å². The Balaban J connectivity index is 1.73. The van der Waals surface area contributed by atoms with Crippen molar-refractivity contribution in [1.29, 1.82) is 0 Å². The van der Waals surface area contributed by atoms with E-state index in [0.29, 0.717) is 6.42 Å². The van der Waals surface area contributed by atoms with Gasteiger partial charge in [-0.05, 0) is 19.4 Å². The van der Waals surface area contributed by atoms with E-state index >= 15 is 0 Å². The summed E-state index contributed by atoms with van der Waals surface area (Å²) >= 11 is 0. The molecule has 0 radical (unpaired) electrons. The predicted molar refractivity (Wildman–Crippen MR) is 149 cm³/mol. The van der Waals surface area contributed by atoms with Gasteiger partial charge in [-0.15, -0.1) is 12.1 Å². The van der Waals surface area contributed by atoms with Gasteiger partial charge in [0.25, 0.3) is 0 Å². The number of hydrogen-bond donors (Lipinski definition) is 0. The van der Waals surface area contributed by atoms with Gasteiger partial charge in [0.1, 0.15) is 43.5 Å². The number of fused-ring (bicyclic) bond motifs is 4. The van der Waals surface area contributed by atoms with E-state index in [0.717, 1.165) is 5.56 Å². The van der Waals surface area contributed by atoms with Crippen LogP contribution in [0.1, 0.15) is 39.7 Å². The Morgan fingerprint density at radius 1 is 0.975 bits per heavy atom. The Morgan fingerprint density at radius 2 is 1.60 bits per heavy atom. The van der Waals surface area contributed by atoms with E-state index in [1.54, 1.807) is 6.08 Å². The standard InChI is InChI=1S/C31H40O8Si/c1-9-15-31-25(35-19(2)32)22-23-24(38-29(4,5)37-23)26(34-18-21-13-11-10-12-14-21)30(22,16-17-40(6,7)8)27(28(31)39-31)36-20(3)33/h9-14,22-28H,1,15,18H2,2-8H3/t22-,23+,24+,25+,26+,27+,28+,30+,31-/m0/s1. The normalized spacial score (nSPS) is 38.6. The Kier molecular flexibility index (Phi) is 7.33. The minimum atomic E-state index is -1.96. The Bertz CT molecular complexity index is 1230. The molecule has 0 aromatic heterocycles. The highest BCUT2D eigenvalue weighted by atomic mass is 28.3. The summed E-state index contributed by atoms with van der Waals surface area (Å²) in [5, 5.41) is 0. The van der Waals surface area contributed by atoms with E-state index in [4.69, 9.17) is 28.4 Å². The first-order chi connectivity index (χ1) is 18.7. The molecule has 2 heterocycles. The number of esters is 2. The zero-order valence-electron chi connectivity index (χ0n) is 24.4. The van der Waals surface area contributed by atoms with Crippen LogP contribution in [-0.2, 0) is 44.6 Å². The van der Waals surface area contributed by atoms with E-state index in [2.05, 4.69) is 37.7 Å². The minimum absolute atomic E-state index is 0.288. The first-order valence-electron chi connectivity index (χ1n) is 13.9. The molecule has 8 nitrogen and oxygen atoms in total. The van der Waals surface area contributed by atoms with Crippen LogP contribution in [0.3, 0.4) is 0 Å². The maximum Gasteiger partial charge on any atom is 0.303 e. The van der Waals surface area contributed by atoms with Crippen molar-refractivity contribution in [2.75, 3.05) is 0 Å². The van der Waals surface area contributed by atoms with Crippen LogP contribution in [0.5, 0.6) is 0 Å². The molecule has 2 saturated carbocycles. The second-order valence-corrected chi connectivity index (χ2v) is 17.5. The molecule has 1 aromatic rings. The molecule has 40 heavy (non-hydrogen) atoms. The topological polar surface area (TPSA) is 92.8 Å². The van der Waals surface area contributed by atoms with Crippen molar-refractivity contribution in [3.05, 3.63) is 48.6 Å². The molecular formula is C31H40O8Si. The van der Waals surface area contributed by atoms with Crippen molar-refractivity contribution in [3.63, 3.8) is 0 Å². The fourth-order valence-corrected chi connectivity index (χ4v) is 7.44. The molecule has 2 saturated heterocycles. The summed E-state index contributed by atoms with van der Waals surface area (Å²) in [5.74, 6) is 1.25. The average molecular weight is 569 g/mol. The zero-order chi connectivity index (χ0) is 29.1. The van der Waals surface area contributed by atoms with Crippen molar-refractivity contribution in [3.8, 4) is 11.5 Å². The third-order valence-electron chi connectivity index (χ3n) is 8.14. The molecule has 5 rings (SSSR count). The van der Waals surface area contributed by atoms with Gasteiger partial charge in [0.2, 0.25) is 0 Å². The average Bonchev–Trinajstić information content (AvgIpc) is 3.41. The van der Waals surface area contributed by atoms with Crippen LogP contribution in [0.2, 0.25) is 19.6 Å². The second-order valence-electron chi connectivity index (χ2n) is 12.8. The van der Waals surface area contributed by atoms with Crippen LogP contribution in [0, 0.1) is 22.8 Å². The van der Waals surface area contributed by atoms with Crippen LogP contribution in [0.4, 0.5) is 0 Å². The van der Waals surface area contributed by atoms with Crippen LogP contribution in [0.25, 0.3) is 0 Å². The van der Waals surface area contributed by atoms with Crippen LogP contribution >= 0.6 is 0 Å². The summed E-state index contributed by atoms with van der Waals surface area (Å²) < 4.78 is 38.5. The Hall–Kier alpha value is -2.48. The number of rotatable bonds is 7. The SMILES string of the molecule is C=CC[C@@]12O[C@@H]1[C@@H](OC(C)=O)[C@]1(C#C[Si](C)(C)C)[C@@H]([C@H]3OC(C)(C)O[C@H]3[C@H]1OCc1ccccc1)[C@H]2OC(C)=O. The molecular weight excluding hydrogens is 528 g/mol. The molecule has 0 N–H and O–H groups in total. The summed E-state index contributed by atoms with van der Waals surface area (Å²) in [6.07, 6.45) is -1.73. The van der Waals surface area contributed by atoms with Crippen LogP contribution in [-0.4, -0.2) is 68.0 Å². The van der Waals surface area contributed by atoms with Crippen LogP contribution in [0.15, 0.2) is 43.0 Å². The van der Waals surface area contributed by atoms with Crippen molar-refractivity contribution in [2.24, 2.45) is 11.3 Å². The first-order valence-corrected chi connectivity index (χ1v) is 17.4. The molecule has 0 unspecified atom stereocenters. The van der Waals surface area contributed by atoms with Gasteiger partial charge in [-0.3, -0.25) is 9.59 Å². The molecule has 1 aromatic carbocycles. The van der Waals surface area contributed by atoms with E-state index in [1.807, 2.05) is 44.2 Å². The summed E-state index contributed by atoms with van der Waals surface area (Å²) in [4.78, 5) is 25.2. The van der Waals surface area contributed by atoms with Gasteiger partial charge < -0.3 is 28.4 Å². The Morgan fingerprint density at radius 3 is 2.20 bits per heavy atom. The molecule has 0 spiro atoms. The highest BCUT2D eigenvalue weighted by Crippen LogP contribution is 2.68. The molecule has 4 aliphatic rings. The molecule has 9 heteroatoms. The van der Waals surface area contributed by atoms with E-state index in [9.17, 15) is 9.59 Å². The number of carbonyl (C=O) groups is 2. The number of ether oxygens (including phenoxy) is 6. The third kappa shape index (κ3) is 4.94. The first kappa shape index (κ1) is 29.0. The number of epoxide rings is 1. The smallest absolute Gasteiger partial charge is 0.303 e. The lowest BCUT2D eigenvalue weighted by atomic mass is 9.60. The zero-order valence-corrected chi connectivity index (χ0v) is 25.4. The summed E-state index contributed by atoms with van der Waals surface area (Å²) in [5.41, 5.74) is 2.48. The van der Waals surface area contributed by atoms with E-state index in [1.165, 1.54) is 13.8 Å². The van der Waals surface area contributed by atoms with Gasteiger partial charge >= 0.3 is 11.9 Å². The van der Waals surface area contributed by atoms with Gasteiger partial charge in [-0.2, -0.15) is 0 Å². The van der Waals surface area contributed by atoms with Crippen molar-refractivity contribution in [2.45, 2.75) is 108 Å². The maximum absolute atomic E-state index is 12.6. The fraction of sp³-hybridized carbons (Fsp3) is 0.613. The molecule has 2 aliphatic carbocycles. The van der Waals surface area contributed by atoms with Crippen molar-refractivity contribution >= 4 is 20.0 Å². The molecule has 4 fully saturated rings. The lowest BCUT2D eigenvalue weighted by Crippen LogP contribution is -2.64. The highest BCUT2D eigenvalue weighted by Gasteiger charge is 2.85. The van der Waals surface area contributed by atoms with E-state index in [-0.39, 0.29) is 6.61 Å². The third-order valence-corrected chi connectivity index (χ3v) is 9.01. The monoisotopic (exact) mass is 568 g/mol. The molecule has 0 amide bonds. The van der Waals surface area contributed by atoms with Gasteiger partial charge in [0, 0.05) is 20.3 Å². The lowest BCUT2D eigenvalue weighted by Gasteiger charge is -2.49. The number of carbonyl (C=O) groups excluding carboxylic acids is 2. The van der Waals surface area contributed by atoms with Gasteiger partial charge in [0.05, 0.1) is 18.6 Å². The number of hydrogen-bond acceptors (Lipinski definition) is 8. The summed E-state index contributed by atoms with van der Waals surface area (Å²) in [6, 6.07) is 9.85. The van der Waals surface area contributed by atoms with Gasteiger partial charge in [0.15, 0.2) is 11.9 Å². The minimum Gasteiger partial charge on any atom is -0.459 e. The highest BCUT2D eigenvalue weighted by molar-refractivity contribution is 6.83. The van der Waals surface area contributed by atoms with Crippen LogP contribution < -0.4 is 0 Å².